The van der Waals surface area contributed by atoms with E-state index < -0.39 is 0 Å². The van der Waals surface area contributed by atoms with Gasteiger partial charge in [0.25, 0.3) is 0 Å². The van der Waals surface area contributed by atoms with Crippen LogP contribution in [-0.2, 0) is 0 Å². The number of hydrogen-bond donors (Lipinski definition) is 0. The molecule has 43 heavy (non-hydrogen) atoms. The fourth-order valence-electron chi connectivity index (χ4n) is 6.48. The molecule has 0 aliphatic carbocycles. The van der Waals surface area contributed by atoms with Crippen molar-refractivity contribution in [3.05, 3.63) is 146 Å². The number of pyridine rings is 2. The second-order valence-electron chi connectivity index (χ2n) is 11.0. The van der Waals surface area contributed by atoms with E-state index >= 15 is 0 Å². The molecule has 0 aliphatic rings. The number of rotatable bonds is 3. The number of para-hydroxylation sites is 3. The average molecular weight is 549 g/mol. The van der Waals surface area contributed by atoms with Gasteiger partial charge in [0.1, 0.15) is 11.2 Å². The van der Waals surface area contributed by atoms with Crippen LogP contribution in [0.2, 0.25) is 0 Å². The molecule has 0 saturated carbocycles. The second-order valence-corrected chi connectivity index (χ2v) is 11.0. The van der Waals surface area contributed by atoms with E-state index in [-0.39, 0.29) is 0 Å². The van der Waals surface area contributed by atoms with Gasteiger partial charge in [0.2, 0.25) is 0 Å². The van der Waals surface area contributed by atoms with E-state index in [1.54, 1.807) is 0 Å². The van der Waals surface area contributed by atoms with Crippen molar-refractivity contribution in [3.63, 3.8) is 0 Å². The van der Waals surface area contributed by atoms with Crippen LogP contribution in [0.1, 0.15) is 0 Å². The Hall–Kier alpha value is -5.80. The Labute approximate surface area is 247 Å². The monoisotopic (exact) mass is 548 g/mol. The molecule has 0 unspecified atom stereocenters. The summed E-state index contributed by atoms with van der Waals surface area (Å²) in [5.41, 5.74) is 9.98. The Morgan fingerprint density at radius 1 is 0.419 bits per heavy atom. The lowest BCUT2D eigenvalue weighted by molar-refractivity contribution is 0.669. The van der Waals surface area contributed by atoms with Crippen LogP contribution in [0.15, 0.2) is 150 Å². The minimum Gasteiger partial charge on any atom is -0.456 e. The lowest BCUT2D eigenvalue weighted by atomic mass is 9.89. The maximum absolute atomic E-state index is 6.52. The van der Waals surface area contributed by atoms with Gasteiger partial charge in [0.15, 0.2) is 0 Å². The van der Waals surface area contributed by atoms with E-state index in [9.17, 15) is 0 Å². The second kappa shape index (κ2) is 9.37. The Morgan fingerprint density at radius 2 is 1.14 bits per heavy atom. The molecule has 0 saturated heterocycles. The maximum Gasteiger partial charge on any atom is 0.136 e. The normalized spacial score (nSPS) is 11.7. The summed E-state index contributed by atoms with van der Waals surface area (Å²) in [5.74, 6) is 0. The minimum atomic E-state index is 0.859. The highest BCUT2D eigenvalue weighted by Crippen LogP contribution is 2.46. The topological polar surface area (TPSA) is 38.9 Å². The first kappa shape index (κ1) is 23.9. The molecule has 6 aromatic carbocycles. The van der Waals surface area contributed by atoms with Gasteiger partial charge in [0, 0.05) is 49.0 Å². The first-order chi connectivity index (χ1) is 21.3. The van der Waals surface area contributed by atoms with E-state index in [1.165, 1.54) is 10.9 Å². The predicted molar refractivity (Wildman–Crippen MR) is 178 cm³/mol. The lowest BCUT2D eigenvalue weighted by Crippen LogP contribution is -1.93. The Morgan fingerprint density at radius 3 is 2.05 bits per heavy atom. The van der Waals surface area contributed by atoms with Crippen LogP contribution in [0.4, 0.5) is 0 Å². The van der Waals surface area contributed by atoms with Gasteiger partial charge >= 0.3 is 0 Å². The zero-order valence-electron chi connectivity index (χ0n) is 23.2. The van der Waals surface area contributed by atoms with Gasteiger partial charge in [-0.25, -0.2) is 9.97 Å². The predicted octanol–water partition coefficient (Wildman–Crippen LogP) is 10.8. The molecule has 3 aromatic heterocycles. The summed E-state index contributed by atoms with van der Waals surface area (Å²) < 4.78 is 6.52. The van der Waals surface area contributed by atoms with Crippen molar-refractivity contribution in [2.75, 3.05) is 0 Å². The molecule has 3 heterocycles. The third-order valence-electron chi connectivity index (χ3n) is 8.42. The molecular weight excluding hydrogens is 524 g/mol. The molecule has 0 N–H and O–H groups in total. The first-order valence-corrected chi connectivity index (χ1v) is 14.5. The molecule has 0 aliphatic heterocycles. The highest BCUT2D eigenvalue weighted by molar-refractivity contribution is 6.27. The van der Waals surface area contributed by atoms with E-state index in [4.69, 9.17) is 14.4 Å². The van der Waals surface area contributed by atoms with Crippen molar-refractivity contribution in [2.24, 2.45) is 0 Å². The Bertz CT molecular complexity index is 2510. The van der Waals surface area contributed by atoms with Crippen LogP contribution >= 0.6 is 0 Å². The number of nitrogens with zero attached hydrogens (tertiary/aromatic N) is 2. The first-order valence-electron chi connectivity index (χ1n) is 14.5. The van der Waals surface area contributed by atoms with Gasteiger partial charge in [-0.1, -0.05) is 109 Å². The fourth-order valence-corrected chi connectivity index (χ4v) is 6.48. The van der Waals surface area contributed by atoms with Crippen molar-refractivity contribution >= 4 is 54.5 Å². The van der Waals surface area contributed by atoms with Crippen LogP contribution in [0.3, 0.4) is 0 Å². The van der Waals surface area contributed by atoms with Gasteiger partial charge in [-0.3, -0.25) is 0 Å². The van der Waals surface area contributed by atoms with Crippen molar-refractivity contribution in [2.45, 2.75) is 0 Å². The van der Waals surface area contributed by atoms with E-state index in [1.807, 2.05) is 24.3 Å². The summed E-state index contributed by atoms with van der Waals surface area (Å²) in [5, 5.41) is 6.75. The van der Waals surface area contributed by atoms with E-state index in [2.05, 4.69) is 121 Å². The summed E-state index contributed by atoms with van der Waals surface area (Å²) in [6, 6.07) is 50.7. The minimum absolute atomic E-state index is 0.859. The number of aromatic nitrogens is 2. The van der Waals surface area contributed by atoms with Crippen LogP contribution in [0.25, 0.3) is 88.2 Å². The van der Waals surface area contributed by atoms with Crippen molar-refractivity contribution in [1.82, 2.24) is 9.97 Å². The maximum atomic E-state index is 6.52. The number of furan rings is 1. The van der Waals surface area contributed by atoms with Gasteiger partial charge in [-0.2, -0.15) is 0 Å². The van der Waals surface area contributed by atoms with Crippen LogP contribution in [0.5, 0.6) is 0 Å². The SMILES string of the molecule is c1ccc(-c2c3c(cc4c(-c5cccc(-c6ccc7ccccc7n6)c5)nc5ccccc5c24)oc2ccccc23)cc1. The molecule has 0 spiro atoms. The number of fused-ring (bicyclic) bond motifs is 7. The summed E-state index contributed by atoms with van der Waals surface area (Å²) in [6.45, 7) is 0. The third-order valence-corrected chi connectivity index (χ3v) is 8.42. The summed E-state index contributed by atoms with van der Waals surface area (Å²) in [4.78, 5) is 10.3. The average Bonchev–Trinajstić information content (AvgIpc) is 3.45. The highest BCUT2D eigenvalue weighted by atomic mass is 16.3. The molecule has 9 aromatic rings. The molecule has 200 valence electrons. The molecule has 0 bridgehead atoms. The molecule has 3 nitrogen and oxygen atoms in total. The Kier molecular flexibility index (Phi) is 5.20. The fraction of sp³-hybridized carbons (Fsp3) is 0. The van der Waals surface area contributed by atoms with Crippen LogP contribution in [-0.4, -0.2) is 9.97 Å². The van der Waals surface area contributed by atoms with E-state index in [0.717, 1.165) is 77.2 Å². The smallest absolute Gasteiger partial charge is 0.136 e. The summed E-state index contributed by atoms with van der Waals surface area (Å²) in [6.07, 6.45) is 0. The summed E-state index contributed by atoms with van der Waals surface area (Å²) >= 11 is 0. The zero-order valence-corrected chi connectivity index (χ0v) is 23.2. The van der Waals surface area contributed by atoms with Gasteiger partial charge in [-0.15, -0.1) is 0 Å². The summed E-state index contributed by atoms with van der Waals surface area (Å²) in [7, 11) is 0. The molecular formula is C40H24N2O. The molecule has 9 rings (SSSR count). The quantitative estimate of drug-likeness (QED) is 0.206. The third kappa shape index (κ3) is 3.75. The van der Waals surface area contributed by atoms with Gasteiger partial charge in [-0.05, 0) is 42.0 Å². The largest absolute Gasteiger partial charge is 0.456 e. The number of hydrogen-bond acceptors (Lipinski definition) is 3. The standard InChI is InChI=1S/C40H24N2O/c1-2-12-26(13-3-1)37-38-29-16-5-8-19-34(29)42-40(31(38)24-36-39(37)30-17-6-9-20-35(30)43-36)28-15-10-14-27(23-28)33-22-21-25-11-4-7-18-32(25)41-33/h1-24H. The number of benzene rings is 6. The van der Waals surface area contributed by atoms with Gasteiger partial charge in [0.05, 0.1) is 22.4 Å². The lowest BCUT2D eigenvalue weighted by Gasteiger charge is -2.16. The molecule has 0 radical (unpaired) electrons. The van der Waals surface area contributed by atoms with Gasteiger partial charge < -0.3 is 4.42 Å². The highest BCUT2D eigenvalue weighted by Gasteiger charge is 2.21. The molecule has 0 atom stereocenters. The van der Waals surface area contributed by atoms with Crippen LogP contribution in [0, 0.1) is 0 Å². The van der Waals surface area contributed by atoms with Crippen molar-refractivity contribution in [1.29, 1.82) is 0 Å². The van der Waals surface area contributed by atoms with E-state index in [0.29, 0.717) is 0 Å². The van der Waals surface area contributed by atoms with Crippen LogP contribution < -0.4 is 0 Å². The van der Waals surface area contributed by atoms with Crippen molar-refractivity contribution < 1.29 is 4.42 Å². The van der Waals surface area contributed by atoms with Crippen molar-refractivity contribution in [3.8, 4) is 33.6 Å². The molecule has 3 heteroatoms. The molecule has 0 fully saturated rings. The molecule has 0 amide bonds. The zero-order chi connectivity index (χ0) is 28.3. The Balaban J connectivity index is 1.40.